The summed E-state index contributed by atoms with van der Waals surface area (Å²) in [4.78, 5) is 11.4. The Morgan fingerprint density at radius 3 is 2.93 bits per heavy atom. The lowest BCUT2D eigenvalue weighted by molar-refractivity contribution is -0.136. The van der Waals surface area contributed by atoms with Crippen LogP contribution in [0.25, 0.3) is 10.1 Å². The van der Waals surface area contributed by atoms with Gasteiger partial charge in [-0.2, -0.15) is 0 Å². The molecule has 2 nitrogen and oxygen atoms in total. The van der Waals surface area contributed by atoms with E-state index in [1.165, 1.54) is 11.3 Å². The monoisotopic (exact) mass is 270 g/mol. The van der Waals surface area contributed by atoms with Crippen molar-refractivity contribution in [3.63, 3.8) is 0 Å². The topological polar surface area (TPSA) is 37.3 Å². The maximum Gasteiger partial charge on any atom is 0.308 e. The highest BCUT2D eigenvalue weighted by atomic mass is 79.9. The van der Waals surface area contributed by atoms with Gasteiger partial charge in [-0.1, -0.05) is 12.1 Å². The quantitative estimate of drug-likeness (QED) is 0.910. The molecule has 2 aromatic rings. The van der Waals surface area contributed by atoms with Crippen LogP contribution in [0.15, 0.2) is 28.7 Å². The molecule has 1 heterocycles. The molecule has 0 unspecified atom stereocenters. The second-order valence-corrected chi connectivity index (χ2v) is 4.93. The van der Waals surface area contributed by atoms with E-state index in [9.17, 15) is 4.79 Å². The Bertz CT molecular complexity index is 490. The number of fused-ring (bicyclic) bond motifs is 1. The number of hydrogen-bond acceptors (Lipinski definition) is 2. The van der Waals surface area contributed by atoms with Gasteiger partial charge >= 0.3 is 5.97 Å². The van der Waals surface area contributed by atoms with Crippen molar-refractivity contribution in [2.24, 2.45) is 0 Å². The first-order chi connectivity index (χ1) is 6.66. The summed E-state index contributed by atoms with van der Waals surface area (Å²) in [6.07, 6.45) is 0.103. The van der Waals surface area contributed by atoms with Gasteiger partial charge in [-0.3, -0.25) is 4.79 Å². The third-order valence-electron chi connectivity index (χ3n) is 1.87. The minimum atomic E-state index is -0.785. The molecule has 1 N–H and O–H groups in total. The van der Waals surface area contributed by atoms with Gasteiger partial charge < -0.3 is 5.11 Å². The Morgan fingerprint density at radius 1 is 1.50 bits per heavy atom. The number of thiophene rings is 1. The van der Waals surface area contributed by atoms with E-state index in [0.29, 0.717) is 0 Å². The first-order valence-corrected chi connectivity index (χ1v) is 5.66. The second kappa shape index (κ2) is 3.71. The van der Waals surface area contributed by atoms with Crippen molar-refractivity contribution in [3.8, 4) is 0 Å². The van der Waals surface area contributed by atoms with Crippen molar-refractivity contribution in [2.45, 2.75) is 6.42 Å². The molecule has 0 bridgehead atoms. The summed E-state index contributed by atoms with van der Waals surface area (Å²) in [6.45, 7) is 0. The van der Waals surface area contributed by atoms with Crippen molar-refractivity contribution < 1.29 is 9.90 Å². The van der Waals surface area contributed by atoms with Crippen LogP contribution in [0.1, 0.15) is 4.88 Å². The maximum atomic E-state index is 10.5. The number of aliphatic carboxylic acids is 1. The summed E-state index contributed by atoms with van der Waals surface area (Å²) < 4.78 is 2.14. The molecule has 0 saturated heterocycles. The molecule has 0 amide bonds. The fraction of sp³-hybridized carbons (Fsp3) is 0.100. The van der Waals surface area contributed by atoms with Gasteiger partial charge in [-0.05, 0) is 33.4 Å². The molecule has 0 saturated carbocycles. The van der Waals surface area contributed by atoms with Gasteiger partial charge in [0.2, 0.25) is 0 Å². The minimum Gasteiger partial charge on any atom is -0.481 e. The summed E-state index contributed by atoms with van der Waals surface area (Å²) in [7, 11) is 0. The lowest BCUT2D eigenvalue weighted by atomic mass is 10.2. The molecule has 0 fully saturated rings. The molecule has 14 heavy (non-hydrogen) atoms. The van der Waals surface area contributed by atoms with Crippen LogP contribution in [-0.2, 0) is 11.2 Å². The van der Waals surface area contributed by atoms with E-state index < -0.39 is 5.97 Å². The van der Waals surface area contributed by atoms with Gasteiger partial charge in [-0.25, -0.2) is 0 Å². The molecule has 0 radical (unpaired) electrons. The fourth-order valence-electron chi connectivity index (χ4n) is 1.32. The minimum absolute atomic E-state index is 0.103. The number of carbonyl (C=O) groups is 1. The molecule has 4 heteroatoms. The van der Waals surface area contributed by atoms with E-state index in [2.05, 4.69) is 15.9 Å². The SMILES string of the molecule is O=C(O)Cc1cc2cccc(Br)c2s1. The van der Waals surface area contributed by atoms with Gasteiger partial charge in [0.15, 0.2) is 0 Å². The van der Waals surface area contributed by atoms with E-state index in [4.69, 9.17) is 5.11 Å². The molecule has 1 aromatic heterocycles. The van der Waals surface area contributed by atoms with Crippen LogP contribution in [-0.4, -0.2) is 11.1 Å². The maximum absolute atomic E-state index is 10.5. The van der Waals surface area contributed by atoms with E-state index in [1.54, 1.807) is 0 Å². The molecular weight excluding hydrogens is 264 g/mol. The molecule has 72 valence electrons. The number of carboxylic acids is 1. The zero-order chi connectivity index (χ0) is 10.1. The standard InChI is InChI=1S/C10H7BrO2S/c11-8-3-1-2-6-4-7(5-9(12)13)14-10(6)8/h1-4H,5H2,(H,12,13). The Hall–Kier alpha value is -0.870. The zero-order valence-corrected chi connectivity index (χ0v) is 9.56. The molecule has 1 aromatic carbocycles. The van der Waals surface area contributed by atoms with Crippen molar-refractivity contribution in [1.82, 2.24) is 0 Å². The summed E-state index contributed by atoms with van der Waals surface area (Å²) in [5.74, 6) is -0.785. The first-order valence-electron chi connectivity index (χ1n) is 4.05. The predicted molar refractivity (Wildman–Crippen MR) is 60.9 cm³/mol. The summed E-state index contributed by atoms with van der Waals surface area (Å²) in [5, 5.41) is 9.75. The smallest absolute Gasteiger partial charge is 0.308 e. The predicted octanol–water partition coefficient (Wildman–Crippen LogP) is 3.29. The Morgan fingerprint density at radius 2 is 2.29 bits per heavy atom. The third kappa shape index (κ3) is 1.81. The van der Waals surface area contributed by atoms with Crippen LogP contribution in [0.4, 0.5) is 0 Å². The average Bonchev–Trinajstić information content (AvgIpc) is 2.47. The van der Waals surface area contributed by atoms with Crippen molar-refractivity contribution in [1.29, 1.82) is 0 Å². The number of carboxylic acid groups (broad SMARTS) is 1. The summed E-state index contributed by atoms with van der Waals surface area (Å²) >= 11 is 4.96. The zero-order valence-electron chi connectivity index (χ0n) is 7.16. The molecule has 2 rings (SSSR count). The van der Waals surface area contributed by atoms with Gasteiger partial charge in [-0.15, -0.1) is 11.3 Å². The van der Waals surface area contributed by atoms with Crippen LogP contribution >= 0.6 is 27.3 Å². The average molecular weight is 271 g/mol. The van der Waals surface area contributed by atoms with Gasteiger partial charge in [0.05, 0.1) is 6.42 Å². The highest BCUT2D eigenvalue weighted by Crippen LogP contribution is 2.32. The van der Waals surface area contributed by atoms with E-state index >= 15 is 0 Å². The number of hydrogen-bond donors (Lipinski definition) is 1. The highest BCUT2D eigenvalue weighted by molar-refractivity contribution is 9.10. The van der Waals surface area contributed by atoms with Crippen molar-refractivity contribution >= 4 is 43.3 Å². The summed E-state index contributed by atoms with van der Waals surface area (Å²) in [5.41, 5.74) is 0. The van der Waals surface area contributed by atoms with Crippen LogP contribution in [0.2, 0.25) is 0 Å². The number of benzene rings is 1. The molecule has 0 aliphatic heterocycles. The first kappa shape index (κ1) is 9.68. The largest absolute Gasteiger partial charge is 0.481 e. The van der Waals surface area contributed by atoms with Gasteiger partial charge in [0.1, 0.15) is 0 Å². The van der Waals surface area contributed by atoms with E-state index in [0.717, 1.165) is 19.4 Å². The van der Waals surface area contributed by atoms with Crippen molar-refractivity contribution in [3.05, 3.63) is 33.6 Å². The molecule has 0 spiro atoms. The van der Waals surface area contributed by atoms with Crippen LogP contribution in [0.5, 0.6) is 0 Å². The Balaban J connectivity index is 2.51. The lowest BCUT2D eigenvalue weighted by Gasteiger charge is -1.90. The van der Waals surface area contributed by atoms with Crippen LogP contribution < -0.4 is 0 Å². The molecule has 0 aliphatic rings. The number of halogens is 1. The second-order valence-electron chi connectivity index (χ2n) is 2.94. The van der Waals surface area contributed by atoms with Crippen LogP contribution in [0.3, 0.4) is 0 Å². The molecule has 0 aliphatic carbocycles. The lowest BCUT2D eigenvalue weighted by Crippen LogP contribution is -1.96. The normalized spacial score (nSPS) is 10.6. The molecular formula is C10H7BrO2S. The van der Waals surface area contributed by atoms with E-state index in [-0.39, 0.29) is 6.42 Å². The number of rotatable bonds is 2. The van der Waals surface area contributed by atoms with E-state index in [1.807, 2.05) is 24.3 Å². The Labute approximate surface area is 93.3 Å². The highest BCUT2D eigenvalue weighted by Gasteiger charge is 2.07. The Kier molecular flexibility index (Phi) is 2.56. The van der Waals surface area contributed by atoms with Gasteiger partial charge in [0.25, 0.3) is 0 Å². The van der Waals surface area contributed by atoms with Crippen molar-refractivity contribution in [2.75, 3.05) is 0 Å². The van der Waals surface area contributed by atoms with Gasteiger partial charge in [0, 0.05) is 14.0 Å². The molecule has 0 atom stereocenters. The third-order valence-corrected chi connectivity index (χ3v) is 3.98. The fourth-order valence-corrected chi connectivity index (χ4v) is 3.00. The van der Waals surface area contributed by atoms with Crippen LogP contribution in [0, 0.1) is 0 Å². The summed E-state index contributed by atoms with van der Waals surface area (Å²) in [6, 6.07) is 7.83.